The molecule has 0 bridgehead atoms. The molecular formula is C31H31Cl2F2N7O3. The van der Waals surface area contributed by atoms with Gasteiger partial charge in [0.25, 0.3) is 0 Å². The van der Waals surface area contributed by atoms with Gasteiger partial charge in [0.05, 0.1) is 56.7 Å². The van der Waals surface area contributed by atoms with Crippen LogP contribution in [0, 0.1) is 30.9 Å². The zero-order valence-corrected chi connectivity index (χ0v) is 26.4. The molecular weight excluding hydrogens is 627 g/mol. The van der Waals surface area contributed by atoms with E-state index in [4.69, 9.17) is 28.9 Å². The number of amidine groups is 1. The number of hydrogen-bond acceptors (Lipinski definition) is 7. The normalized spacial score (nSPS) is 18.5. The number of carbonyl (C=O) groups excluding carboxylic acids is 2. The number of aliphatic hydroxyl groups excluding tert-OH is 1. The monoisotopic (exact) mass is 657 g/mol. The van der Waals surface area contributed by atoms with Gasteiger partial charge in [0, 0.05) is 29.9 Å². The zero-order valence-electron chi connectivity index (χ0n) is 24.9. The Morgan fingerprint density at radius 2 is 1.91 bits per heavy atom. The average molecular weight is 659 g/mol. The third kappa shape index (κ3) is 5.26. The molecule has 3 unspecified atom stereocenters. The van der Waals surface area contributed by atoms with Crippen LogP contribution in [-0.4, -0.2) is 62.7 Å². The average Bonchev–Trinajstić information content (AvgIpc) is 3.09. The van der Waals surface area contributed by atoms with Crippen LogP contribution >= 0.6 is 23.2 Å². The van der Waals surface area contributed by atoms with Crippen molar-refractivity contribution in [1.29, 1.82) is 5.41 Å². The molecule has 10 nitrogen and oxygen atoms in total. The molecule has 14 heteroatoms. The standard InChI is InChI=1S/C31H31Cl2F2N7O3/c1-6-19(44)41-11-18-31(45)40-27-14(4)20(21-23(34)16(32)9-17(33)25(21)36)24(35)29(22(27)30(37)42(18)10-13(41)3)39-26-12(2)7-8-38-28(26)15(5)43/h6-9,13,15,18,37,39,43H,1,10-11,36H2,2-5H3,(H,40,45). The molecule has 1 saturated heterocycles. The molecule has 2 aliphatic heterocycles. The van der Waals surface area contributed by atoms with Crippen molar-refractivity contribution in [2.75, 3.05) is 29.5 Å². The molecule has 0 radical (unpaired) electrons. The molecule has 236 valence electrons. The first-order chi connectivity index (χ1) is 21.2. The number of benzene rings is 2. The summed E-state index contributed by atoms with van der Waals surface area (Å²) in [6.07, 6.45) is 1.57. The number of nitrogens with one attached hydrogen (secondary N) is 3. The number of amides is 2. The number of anilines is 4. The van der Waals surface area contributed by atoms with Gasteiger partial charge in [-0.1, -0.05) is 29.8 Å². The number of nitrogens with two attached hydrogens (primary N) is 1. The summed E-state index contributed by atoms with van der Waals surface area (Å²) in [4.78, 5) is 33.6. The molecule has 3 atom stereocenters. The van der Waals surface area contributed by atoms with Crippen molar-refractivity contribution in [3.8, 4) is 11.1 Å². The summed E-state index contributed by atoms with van der Waals surface area (Å²) in [7, 11) is 0. The van der Waals surface area contributed by atoms with Gasteiger partial charge < -0.3 is 31.3 Å². The van der Waals surface area contributed by atoms with Gasteiger partial charge in [-0.15, -0.1) is 0 Å². The highest BCUT2D eigenvalue weighted by atomic mass is 35.5. The fourth-order valence-electron chi connectivity index (χ4n) is 5.90. The SMILES string of the molecule is C=CC(=O)N1CC2C(=O)Nc3c(C)c(-c4c(N)c(Cl)cc(Cl)c4F)c(F)c(Nc4c(C)ccnc4C(C)O)c3C(=N)N2CC1C. The first-order valence-electron chi connectivity index (χ1n) is 14.0. The Bertz CT molecular complexity index is 1770. The van der Waals surface area contributed by atoms with Gasteiger partial charge in [0.1, 0.15) is 11.9 Å². The predicted molar refractivity (Wildman–Crippen MR) is 171 cm³/mol. The van der Waals surface area contributed by atoms with Gasteiger partial charge >= 0.3 is 0 Å². The smallest absolute Gasteiger partial charge is 0.249 e. The Morgan fingerprint density at radius 1 is 1.22 bits per heavy atom. The molecule has 0 saturated carbocycles. The molecule has 2 aromatic carbocycles. The molecule has 0 aliphatic carbocycles. The van der Waals surface area contributed by atoms with Crippen molar-refractivity contribution in [2.24, 2.45) is 0 Å². The maximum atomic E-state index is 17.2. The Kier molecular flexibility index (Phi) is 8.51. The van der Waals surface area contributed by atoms with Crippen LogP contribution in [-0.2, 0) is 9.59 Å². The summed E-state index contributed by atoms with van der Waals surface area (Å²) < 4.78 is 32.9. The van der Waals surface area contributed by atoms with E-state index >= 15 is 8.78 Å². The first-order valence-corrected chi connectivity index (χ1v) is 14.7. The number of aryl methyl sites for hydroxylation is 1. The van der Waals surface area contributed by atoms with E-state index in [0.29, 0.717) is 5.56 Å². The van der Waals surface area contributed by atoms with Gasteiger partial charge in [0.15, 0.2) is 11.6 Å². The number of aromatic nitrogens is 1. The summed E-state index contributed by atoms with van der Waals surface area (Å²) in [5.74, 6) is -3.22. The number of halogens is 4. The van der Waals surface area contributed by atoms with E-state index in [2.05, 4.69) is 22.2 Å². The molecule has 2 amide bonds. The summed E-state index contributed by atoms with van der Waals surface area (Å²) in [5, 5.41) is 25.2. The van der Waals surface area contributed by atoms with E-state index in [-0.39, 0.29) is 75.0 Å². The van der Waals surface area contributed by atoms with Crippen molar-refractivity contribution >= 4 is 63.6 Å². The van der Waals surface area contributed by atoms with E-state index in [0.717, 1.165) is 12.1 Å². The molecule has 2 aliphatic rings. The van der Waals surface area contributed by atoms with Crippen molar-refractivity contribution in [1.82, 2.24) is 14.8 Å². The molecule has 0 spiro atoms. The van der Waals surface area contributed by atoms with E-state index in [9.17, 15) is 20.1 Å². The maximum absolute atomic E-state index is 17.2. The van der Waals surface area contributed by atoms with Crippen LogP contribution in [0.4, 0.5) is 31.5 Å². The van der Waals surface area contributed by atoms with Crippen LogP contribution in [0.2, 0.25) is 10.0 Å². The molecule has 45 heavy (non-hydrogen) atoms. The lowest BCUT2D eigenvalue weighted by atomic mass is 9.91. The summed E-state index contributed by atoms with van der Waals surface area (Å²) in [5.41, 5.74) is 5.89. The fourth-order valence-corrected chi connectivity index (χ4v) is 6.37. The number of fused-ring (bicyclic) bond motifs is 2. The molecule has 6 N–H and O–H groups in total. The van der Waals surface area contributed by atoms with E-state index in [1.54, 1.807) is 19.9 Å². The Hall–Kier alpha value is -4.26. The van der Waals surface area contributed by atoms with E-state index in [1.165, 1.54) is 29.8 Å². The lowest BCUT2D eigenvalue weighted by molar-refractivity contribution is -0.133. The van der Waals surface area contributed by atoms with Gasteiger partial charge in [-0.3, -0.25) is 20.0 Å². The number of rotatable bonds is 5. The van der Waals surface area contributed by atoms with E-state index < -0.39 is 46.3 Å². The van der Waals surface area contributed by atoms with Crippen molar-refractivity contribution in [2.45, 2.75) is 45.9 Å². The lowest BCUT2D eigenvalue weighted by Crippen LogP contribution is -2.62. The van der Waals surface area contributed by atoms with Crippen LogP contribution < -0.4 is 16.4 Å². The minimum Gasteiger partial charge on any atom is -0.397 e. The molecule has 1 aromatic heterocycles. The minimum absolute atomic E-state index is 0.0163. The lowest BCUT2D eigenvalue weighted by Gasteiger charge is -2.44. The molecule has 3 aromatic rings. The number of pyridine rings is 1. The van der Waals surface area contributed by atoms with Crippen molar-refractivity contribution in [3.05, 3.63) is 75.0 Å². The van der Waals surface area contributed by atoms with Crippen molar-refractivity contribution in [3.63, 3.8) is 0 Å². The van der Waals surface area contributed by atoms with Gasteiger partial charge in [-0.05, 0) is 57.0 Å². The number of hydrogen-bond donors (Lipinski definition) is 5. The largest absolute Gasteiger partial charge is 0.397 e. The van der Waals surface area contributed by atoms with Crippen LogP contribution in [0.25, 0.3) is 11.1 Å². The summed E-state index contributed by atoms with van der Waals surface area (Å²) >= 11 is 12.4. The summed E-state index contributed by atoms with van der Waals surface area (Å²) in [6, 6.07) is 1.32. The highest BCUT2D eigenvalue weighted by Crippen LogP contribution is 2.48. The number of piperazine rings is 1. The molecule has 1 fully saturated rings. The third-order valence-corrected chi connectivity index (χ3v) is 8.84. The number of aliphatic hydroxyl groups is 1. The molecule has 5 rings (SSSR count). The minimum atomic E-state index is -1.07. The Morgan fingerprint density at radius 3 is 2.56 bits per heavy atom. The van der Waals surface area contributed by atoms with Crippen LogP contribution in [0.3, 0.4) is 0 Å². The topological polar surface area (TPSA) is 148 Å². The second-order valence-electron chi connectivity index (χ2n) is 11.1. The zero-order chi connectivity index (χ0) is 33.1. The van der Waals surface area contributed by atoms with E-state index in [1.807, 2.05) is 0 Å². The number of nitrogen functional groups attached to an aromatic ring is 1. The van der Waals surface area contributed by atoms with Gasteiger partial charge in [-0.2, -0.15) is 0 Å². The van der Waals surface area contributed by atoms with Gasteiger partial charge in [0.2, 0.25) is 11.8 Å². The number of nitrogens with zero attached hydrogens (tertiary/aromatic N) is 3. The van der Waals surface area contributed by atoms with Crippen LogP contribution in [0.1, 0.15) is 42.3 Å². The van der Waals surface area contributed by atoms with Crippen LogP contribution in [0.15, 0.2) is 31.0 Å². The maximum Gasteiger partial charge on any atom is 0.249 e. The predicted octanol–water partition coefficient (Wildman–Crippen LogP) is 5.69. The van der Waals surface area contributed by atoms with Gasteiger partial charge in [-0.25, -0.2) is 8.78 Å². The molecule has 3 heterocycles. The third-order valence-electron chi connectivity index (χ3n) is 8.25. The second-order valence-corrected chi connectivity index (χ2v) is 11.9. The summed E-state index contributed by atoms with van der Waals surface area (Å²) in [6.45, 7) is 9.99. The Labute approximate surface area is 268 Å². The second kappa shape index (κ2) is 11.9. The highest BCUT2D eigenvalue weighted by molar-refractivity contribution is 6.37. The van der Waals surface area contributed by atoms with Crippen LogP contribution in [0.5, 0.6) is 0 Å². The first kappa shape index (κ1) is 32.1. The number of carbonyl (C=O) groups is 2. The fraction of sp³-hybridized carbons (Fsp3) is 0.290. The highest BCUT2D eigenvalue weighted by Gasteiger charge is 2.44. The quantitative estimate of drug-likeness (QED) is 0.134. The Balaban J connectivity index is 1.84. The van der Waals surface area contributed by atoms with Crippen molar-refractivity contribution < 1.29 is 23.5 Å².